The Kier molecular flexibility index (Phi) is 4.03. The van der Waals surface area contributed by atoms with Crippen molar-refractivity contribution in [3.8, 4) is 0 Å². The summed E-state index contributed by atoms with van der Waals surface area (Å²) >= 11 is 0. The van der Waals surface area contributed by atoms with E-state index in [4.69, 9.17) is 4.42 Å². The first-order chi connectivity index (χ1) is 8.01. The van der Waals surface area contributed by atoms with Gasteiger partial charge >= 0.3 is 11.7 Å². The zero-order valence-corrected chi connectivity index (χ0v) is 9.92. The number of amides is 3. The summed E-state index contributed by atoms with van der Waals surface area (Å²) < 4.78 is 4.95. The van der Waals surface area contributed by atoms with E-state index in [1.807, 2.05) is 12.2 Å². The van der Waals surface area contributed by atoms with Crippen LogP contribution < -0.4 is 16.3 Å². The highest BCUT2D eigenvalue weighted by Gasteiger charge is 2.14. The second-order valence-electron chi connectivity index (χ2n) is 3.52. The summed E-state index contributed by atoms with van der Waals surface area (Å²) in [5.74, 6) is 0.0665. The summed E-state index contributed by atoms with van der Waals surface area (Å²) in [4.78, 5) is 32.7. The monoisotopic (exact) mass is 238 g/mol. The number of hydrogen-bond donors (Lipinski definition) is 2. The van der Waals surface area contributed by atoms with Crippen molar-refractivity contribution in [3.63, 3.8) is 0 Å². The molecule has 6 heteroatoms. The Balaban J connectivity index is 3.17. The highest BCUT2D eigenvalue weighted by Crippen LogP contribution is 2.19. The van der Waals surface area contributed by atoms with Gasteiger partial charge in [0.25, 0.3) is 0 Å². The molecule has 0 fully saturated rings. The maximum atomic E-state index is 11.5. The van der Waals surface area contributed by atoms with Crippen molar-refractivity contribution in [2.45, 2.75) is 27.2 Å². The van der Waals surface area contributed by atoms with E-state index in [2.05, 4.69) is 5.32 Å². The largest absolute Gasteiger partial charge is 0.406 e. The number of rotatable bonds is 3. The molecule has 0 aliphatic rings. The summed E-state index contributed by atoms with van der Waals surface area (Å²) in [7, 11) is 0. The lowest BCUT2D eigenvalue weighted by atomic mass is 10.0. The van der Waals surface area contributed by atoms with Gasteiger partial charge in [0.05, 0.1) is 0 Å². The molecule has 1 aromatic heterocycles. The van der Waals surface area contributed by atoms with Crippen LogP contribution in [0.3, 0.4) is 0 Å². The number of hydrogen-bond acceptors (Lipinski definition) is 4. The average Bonchev–Trinajstić information content (AvgIpc) is 2.27. The van der Waals surface area contributed by atoms with E-state index in [-0.39, 0.29) is 12.3 Å². The quantitative estimate of drug-likeness (QED) is 0.772. The first-order valence-electron chi connectivity index (χ1n) is 5.15. The number of anilines is 1. The molecule has 0 bridgehead atoms. The molecule has 0 aliphatic carbocycles. The summed E-state index contributed by atoms with van der Waals surface area (Å²) in [6, 6.07) is -0.739. The molecular formula is C11H14N2O4. The Morgan fingerprint density at radius 3 is 2.53 bits per heavy atom. The van der Waals surface area contributed by atoms with Crippen LogP contribution in [0, 0.1) is 13.8 Å². The zero-order valence-electron chi connectivity index (χ0n) is 9.92. The minimum atomic E-state index is -0.739. The number of carbonyl (C=O) groups is 2. The fourth-order valence-corrected chi connectivity index (χ4v) is 1.63. The lowest BCUT2D eigenvalue weighted by molar-refractivity contribution is -0.108. The third-order valence-electron chi connectivity index (χ3n) is 2.52. The van der Waals surface area contributed by atoms with Crippen molar-refractivity contribution in [2.24, 2.45) is 0 Å². The van der Waals surface area contributed by atoms with Crippen LogP contribution in [0.25, 0.3) is 0 Å². The topological polar surface area (TPSA) is 88.4 Å². The van der Waals surface area contributed by atoms with E-state index in [1.165, 1.54) is 0 Å². The van der Waals surface area contributed by atoms with Crippen LogP contribution in [0.4, 0.5) is 10.7 Å². The van der Waals surface area contributed by atoms with Gasteiger partial charge < -0.3 is 4.42 Å². The summed E-state index contributed by atoms with van der Waals surface area (Å²) in [6.07, 6.45) is 0.908. The molecule has 1 rings (SSSR count). The Bertz CT molecular complexity index is 505. The summed E-state index contributed by atoms with van der Waals surface area (Å²) in [5.41, 5.74) is 1.56. The van der Waals surface area contributed by atoms with Crippen LogP contribution >= 0.6 is 0 Å². The SMILES string of the molecule is CCc1c(C)c(NC(=O)NC=O)oc(=O)c1C. The molecule has 17 heavy (non-hydrogen) atoms. The summed E-state index contributed by atoms with van der Waals surface area (Å²) in [5, 5.41) is 4.21. The zero-order chi connectivity index (χ0) is 13.0. The van der Waals surface area contributed by atoms with Crippen LogP contribution in [0.1, 0.15) is 23.6 Å². The molecular weight excluding hydrogens is 224 g/mol. The maximum absolute atomic E-state index is 11.5. The fraction of sp³-hybridized carbons (Fsp3) is 0.364. The molecule has 0 unspecified atom stereocenters. The number of urea groups is 1. The van der Waals surface area contributed by atoms with Gasteiger partial charge in [0.2, 0.25) is 12.3 Å². The van der Waals surface area contributed by atoms with Crippen LogP contribution in [-0.2, 0) is 11.2 Å². The lowest BCUT2D eigenvalue weighted by Gasteiger charge is -2.11. The minimum absolute atomic E-state index is 0.0665. The second-order valence-corrected chi connectivity index (χ2v) is 3.52. The molecule has 0 spiro atoms. The molecule has 0 saturated heterocycles. The number of imide groups is 1. The minimum Gasteiger partial charge on any atom is -0.406 e. The van der Waals surface area contributed by atoms with E-state index < -0.39 is 11.7 Å². The van der Waals surface area contributed by atoms with Crippen molar-refractivity contribution < 1.29 is 14.0 Å². The van der Waals surface area contributed by atoms with E-state index in [0.29, 0.717) is 17.5 Å². The van der Waals surface area contributed by atoms with Gasteiger partial charge in [-0.25, -0.2) is 9.59 Å². The van der Waals surface area contributed by atoms with E-state index >= 15 is 0 Å². The molecule has 0 radical (unpaired) electrons. The molecule has 2 N–H and O–H groups in total. The van der Waals surface area contributed by atoms with Crippen molar-refractivity contribution in [2.75, 3.05) is 5.32 Å². The lowest BCUT2D eigenvalue weighted by Crippen LogP contribution is -2.28. The molecule has 0 atom stereocenters. The van der Waals surface area contributed by atoms with Gasteiger partial charge in [-0.2, -0.15) is 0 Å². The first kappa shape index (κ1) is 13.0. The molecule has 1 heterocycles. The molecule has 92 valence electrons. The van der Waals surface area contributed by atoms with Gasteiger partial charge in [-0.05, 0) is 25.8 Å². The van der Waals surface area contributed by atoms with E-state index in [0.717, 1.165) is 5.56 Å². The number of nitrogens with one attached hydrogen (secondary N) is 2. The molecule has 3 amide bonds. The maximum Gasteiger partial charge on any atom is 0.340 e. The Hall–Kier alpha value is -2.11. The highest BCUT2D eigenvalue weighted by molar-refractivity contribution is 5.94. The van der Waals surface area contributed by atoms with Gasteiger partial charge in [0.1, 0.15) is 0 Å². The van der Waals surface area contributed by atoms with Gasteiger partial charge in [-0.15, -0.1) is 0 Å². The number of carbonyl (C=O) groups excluding carboxylic acids is 2. The first-order valence-corrected chi connectivity index (χ1v) is 5.15. The van der Waals surface area contributed by atoms with Gasteiger partial charge in [0, 0.05) is 11.1 Å². The fourth-order valence-electron chi connectivity index (χ4n) is 1.63. The molecule has 0 saturated carbocycles. The summed E-state index contributed by atoms with van der Waals surface area (Å²) in [6.45, 7) is 5.32. The van der Waals surface area contributed by atoms with E-state index in [1.54, 1.807) is 13.8 Å². The van der Waals surface area contributed by atoms with Crippen molar-refractivity contribution in [1.82, 2.24) is 5.32 Å². The predicted octanol–water partition coefficient (Wildman–Crippen LogP) is 1.10. The molecule has 0 aromatic carbocycles. The third kappa shape index (κ3) is 2.72. The average molecular weight is 238 g/mol. The molecule has 6 nitrogen and oxygen atoms in total. The third-order valence-corrected chi connectivity index (χ3v) is 2.52. The smallest absolute Gasteiger partial charge is 0.340 e. The van der Waals surface area contributed by atoms with E-state index in [9.17, 15) is 14.4 Å². The van der Waals surface area contributed by atoms with Crippen LogP contribution in [0.5, 0.6) is 0 Å². The Morgan fingerprint density at radius 2 is 2.00 bits per heavy atom. The van der Waals surface area contributed by atoms with Crippen molar-refractivity contribution in [1.29, 1.82) is 0 Å². The predicted molar refractivity (Wildman–Crippen MR) is 62.0 cm³/mol. The standard InChI is InChI=1S/C11H14N2O4/c1-4-8-6(2)9(13-11(16)12-5-14)17-10(15)7(8)3/h5H,4H2,1-3H3,(H2,12,13,14,16). The van der Waals surface area contributed by atoms with Crippen molar-refractivity contribution in [3.05, 3.63) is 27.1 Å². The Morgan fingerprint density at radius 1 is 1.35 bits per heavy atom. The normalized spacial score (nSPS) is 9.82. The Labute approximate surface area is 98.0 Å². The molecule has 0 aliphatic heterocycles. The van der Waals surface area contributed by atoms with Gasteiger partial charge in [0.15, 0.2) is 0 Å². The van der Waals surface area contributed by atoms with Crippen LogP contribution in [-0.4, -0.2) is 12.4 Å². The van der Waals surface area contributed by atoms with Gasteiger partial charge in [-0.3, -0.25) is 15.4 Å². The second kappa shape index (κ2) is 5.29. The van der Waals surface area contributed by atoms with Gasteiger partial charge in [-0.1, -0.05) is 6.92 Å². The van der Waals surface area contributed by atoms with Crippen molar-refractivity contribution >= 4 is 18.3 Å². The molecule has 1 aromatic rings. The van der Waals surface area contributed by atoms with Crippen LogP contribution in [0.15, 0.2) is 9.21 Å². The van der Waals surface area contributed by atoms with Crippen LogP contribution in [0.2, 0.25) is 0 Å². The highest BCUT2D eigenvalue weighted by atomic mass is 16.4.